The predicted molar refractivity (Wildman–Crippen MR) is 102 cm³/mol. The monoisotopic (exact) mass is 407 g/mol. The van der Waals surface area contributed by atoms with Crippen LogP contribution in [0, 0.1) is 0 Å². The van der Waals surface area contributed by atoms with Gasteiger partial charge in [-0.1, -0.05) is 11.8 Å². The van der Waals surface area contributed by atoms with Crippen LogP contribution in [0.3, 0.4) is 0 Å². The molecule has 2 aromatic heterocycles. The van der Waals surface area contributed by atoms with E-state index in [0.29, 0.717) is 22.4 Å². The van der Waals surface area contributed by atoms with E-state index in [4.69, 9.17) is 4.42 Å². The van der Waals surface area contributed by atoms with Gasteiger partial charge in [0, 0.05) is 26.6 Å². The van der Waals surface area contributed by atoms with E-state index < -0.39 is 10.0 Å². The smallest absolute Gasteiger partial charge is 0.277 e. The molecule has 0 N–H and O–H groups in total. The highest BCUT2D eigenvalue weighted by molar-refractivity contribution is 7.98. The van der Waals surface area contributed by atoms with Crippen molar-refractivity contribution in [2.75, 3.05) is 14.1 Å². The number of fused-ring (bicyclic) bond motifs is 1. The SMILES string of the molecule is CCn1c(CSc2nnc(C3CC3)o2)nc2cc(S(=O)(=O)N(C)C)ccc21. The molecule has 1 aliphatic rings. The van der Waals surface area contributed by atoms with Gasteiger partial charge >= 0.3 is 0 Å². The Balaban J connectivity index is 1.61. The van der Waals surface area contributed by atoms with Crippen molar-refractivity contribution in [2.45, 2.75) is 48.1 Å². The molecule has 8 nitrogen and oxygen atoms in total. The maximum Gasteiger partial charge on any atom is 0.277 e. The zero-order chi connectivity index (χ0) is 19.2. The fourth-order valence-corrected chi connectivity index (χ4v) is 4.53. The van der Waals surface area contributed by atoms with Crippen molar-refractivity contribution in [3.63, 3.8) is 0 Å². The molecule has 0 radical (unpaired) electrons. The first-order chi connectivity index (χ1) is 12.9. The lowest BCUT2D eigenvalue weighted by atomic mass is 10.3. The lowest BCUT2D eigenvalue weighted by Crippen LogP contribution is -2.22. The molecule has 1 aromatic carbocycles. The van der Waals surface area contributed by atoms with Gasteiger partial charge in [0.1, 0.15) is 5.82 Å². The average molecular weight is 408 g/mol. The summed E-state index contributed by atoms with van der Waals surface area (Å²) < 4.78 is 33.7. The Labute approximate surface area is 162 Å². The third kappa shape index (κ3) is 3.48. The maximum atomic E-state index is 12.4. The molecule has 144 valence electrons. The summed E-state index contributed by atoms with van der Waals surface area (Å²) in [6.07, 6.45) is 2.24. The van der Waals surface area contributed by atoms with Crippen molar-refractivity contribution in [3.05, 3.63) is 29.9 Å². The van der Waals surface area contributed by atoms with E-state index >= 15 is 0 Å². The van der Waals surface area contributed by atoms with E-state index in [1.165, 1.54) is 30.2 Å². The minimum atomic E-state index is -3.49. The van der Waals surface area contributed by atoms with Crippen LogP contribution in [0.25, 0.3) is 11.0 Å². The van der Waals surface area contributed by atoms with Crippen LogP contribution in [-0.4, -0.2) is 46.6 Å². The van der Waals surface area contributed by atoms with E-state index in [1.54, 1.807) is 12.1 Å². The molecular weight excluding hydrogens is 386 g/mol. The Kier molecular flexibility index (Phi) is 4.73. The molecule has 2 heterocycles. The van der Waals surface area contributed by atoms with E-state index in [1.807, 2.05) is 13.0 Å². The Bertz CT molecular complexity index is 1080. The second kappa shape index (κ2) is 6.92. The number of imidazole rings is 1. The van der Waals surface area contributed by atoms with E-state index in [9.17, 15) is 8.42 Å². The van der Waals surface area contributed by atoms with Crippen molar-refractivity contribution < 1.29 is 12.8 Å². The van der Waals surface area contributed by atoms with Crippen LogP contribution in [0.4, 0.5) is 0 Å². The van der Waals surface area contributed by atoms with E-state index in [2.05, 4.69) is 19.7 Å². The molecule has 3 aromatic rings. The van der Waals surface area contributed by atoms with Gasteiger partial charge in [0.25, 0.3) is 5.22 Å². The summed E-state index contributed by atoms with van der Waals surface area (Å²) in [7, 11) is -0.447. The molecule has 1 aliphatic carbocycles. The number of aromatic nitrogens is 4. The van der Waals surface area contributed by atoms with Crippen LogP contribution in [-0.2, 0) is 22.3 Å². The average Bonchev–Trinajstić information content (AvgIpc) is 3.27. The van der Waals surface area contributed by atoms with Crippen LogP contribution in [0.2, 0.25) is 0 Å². The Morgan fingerprint density at radius 2 is 2.07 bits per heavy atom. The van der Waals surface area contributed by atoms with Gasteiger partial charge in [0.15, 0.2) is 0 Å². The summed E-state index contributed by atoms with van der Waals surface area (Å²) in [5.41, 5.74) is 1.58. The number of benzene rings is 1. The lowest BCUT2D eigenvalue weighted by Gasteiger charge is -2.11. The van der Waals surface area contributed by atoms with Gasteiger partial charge in [0.05, 0.1) is 21.7 Å². The molecule has 1 saturated carbocycles. The molecule has 0 amide bonds. The molecule has 27 heavy (non-hydrogen) atoms. The lowest BCUT2D eigenvalue weighted by molar-refractivity contribution is 0.414. The second-order valence-electron chi connectivity index (χ2n) is 6.68. The molecule has 0 aliphatic heterocycles. The minimum Gasteiger partial charge on any atom is -0.416 e. The van der Waals surface area contributed by atoms with E-state index in [0.717, 1.165) is 36.6 Å². The van der Waals surface area contributed by atoms with Gasteiger partial charge in [-0.15, -0.1) is 10.2 Å². The molecular formula is C17H21N5O3S2. The van der Waals surface area contributed by atoms with Gasteiger partial charge in [0.2, 0.25) is 15.9 Å². The molecule has 1 fully saturated rings. The quantitative estimate of drug-likeness (QED) is 0.556. The number of hydrogen-bond donors (Lipinski definition) is 0. The topological polar surface area (TPSA) is 94.1 Å². The van der Waals surface area contributed by atoms with Gasteiger partial charge in [-0.2, -0.15) is 0 Å². The summed E-state index contributed by atoms with van der Waals surface area (Å²) in [5, 5.41) is 8.73. The Morgan fingerprint density at radius 1 is 1.30 bits per heavy atom. The Morgan fingerprint density at radius 3 is 2.74 bits per heavy atom. The van der Waals surface area contributed by atoms with Gasteiger partial charge < -0.3 is 8.98 Å². The van der Waals surface area contributed by atoms with Crippen LogP contribution >= 0.6 is 11.8 Å². The van der Waals surface area contributed by atoms with E-state index in [-0.39, 0.29) is 4.90 Å². The van der Waals surface area contributed by atoms with Crippen molar-refractivity contribution in [1.29, 1.82) is 0 Å². The largest absolute Gasteiger partial charge is 0.416 e. The zero-order valence-electron chi connectivity index (χ0n) is 15.4. The van der Waals surface area contributed by atoms with Gasteiger partial charge in [-0.25, -0.2) is 17.7 Å². The number of nitrogens with zero attached hydrogens (tertiary/aromatic N) is 5. The summed E-state index contributed by atoms with van der Waals surface area (Å²) in [6.45, 7) is 2.78. The molecule has 0 saturated heterocycles. The number of hydrogen-bond acceptors (Lipinski definition) is 7. The number of thioether (sulfide) groups is 1. The normalized spacial score (nSPS) is 15.1. The van der Waals surface area contributed by atoms with Crippen LogP contribution in [0.5, 0.6) is 0 Å². The Hall–Kier alpha value is -1.91. The van der Waals surface area contributed by atoms with Gasteiger partial charge in [-0.05, 0) is 38.0 Å². The molecule has 0 spiro atoms. The molecule has 0 atom stereocenters. The third-order valence-corrected chi connectivity index (χ3v) is 7.19. The first-order valence-corrected chi connectivity index (χ1v) is 11.2. The van der Waals surface area contributed by atoms with Crippen molar-refractivity contribution in [3.8, 4) is 0 Å². The summed E-state index contributed by atoms with van der Waals surface area (Å²) in [6, 6.07) is 5.07. The first-order valence-electron chi connectivity index (χ1n) is 8.78. The summed E-state index contributed by atoms with van der Waals surface area (Å²) in [5.74, 6) is 2.58. The highest BCUT2D eigenvalue weighted by Crippen LogP contribution is 2.40. The number of rotatable bonds is 7. The van der Waals surface area contributed by atoms with Crippen LogP contribution in [0.1, 0.15) is 37.4 Å². The highest BCUT2D eigenvalue weighted by Gasteiger charge is 2.29. The summed E-state index contributed by atoms with van der Waals surface area (Å²) in [4.78, 5) is 4.90. The fourth-order valence-electron chi connectivity index (χ4n) is 2.89. The van der Waals surface area contributed by atoms with Crippen molar-refractivity contribution in [1.82, 2.24) is 24.1 Å². The number of sulfonamides is 1. The molecule has 10 heteroatoms. The number of aryl methyl sites for hydroxylation is 1. The standard InChI is InChI=1S/C17H21N5O3S2/c1-4-22-14-8-7-12(27(23,24)21(2)3)9-13(14)18-15(22)10-26-17-20-19-16(25-17)11-5-6-11/h7-9,11H,4-6,10H2,1-3H3. The van der Waals surface area contributed by atoms with Crippen LogP contribution < -0.4 is 0 Å². The molecule has 0 unspecified atom stereocenters. The fraction of sp³-hybridized carbons (Fsp3) is 0.471. The summed E-state index contributed by atoms with van der Waals surface area (Å²) >= 11 is 1.45. The molecule has 0 bridgehead atoms. The predicted octanol–water partition coefficient (Wildman–Crippen LogP) is 2.86. The molecule has 4 rings (SSSR count). The third-order valence-electron chi connectivity index (χ3n) is 4.57. The van der Waals surface area contributed by atoms with Crippen molar-refractivity contribution in [2.24, 2.45) is 0 Å². The first kappa shape index (κ1) is 18.5. The van der Waals surface area contributed by atoms with Gasteiger partial charge in [-0.3, -0.25) is 0 Å². The van der Waals surface area contributed by atoms with Crippen LogP contribution in [0.15, 0.2) is 32.7 Å². The second-order valence-corrected chi connectivity index (χ2v) is 9.76. The maximum absolute atomic E-state index is 12.4. The minimum absolute atomic E-state index is 0.242. The highest BCUT2D eigenvalue weighted by atomic mass is 32.2. The zero-order valence-corrected chi connectivity index (χ0v) is 17.0. The van der Waals surface area contributed by atoms with Crippen molar-refractivity contribution >= 4 is 32.8 Å².